The van der Waals surface area contributed by atoms with Crippen LogP contribution in [0, 0.1) is 5.92 Å². The van der Waals surface area contributed by atoms with Crippen LogP contribution in [0.3, 0.4) is 0 Å². The average molecular weight is 1340 g/mol. The van der Waals surface area contributed by atoms with Crippen LogP contribution in [0.5, 0.6) is 0 Å². The van der Waals surface area contributed by atoms with E-state index >= 15 is 0 Å². The van der Waals surface area contributed by atoms with Crippen molar-refractivity contribution in [1.29, 1.82) is 0 Å². The van der Waals surface area contributed by atoms with Crippen LogP contribution in [0.15, 0.2) is 0 Å². The van der Waals surface area contributed by atoms with Gasteiger partial charge in [-0.25, -0.2) is 9.13 Å². The van der Waals surface area contributed by atoms with Gasteiger partial charge in [0.15, 0.2) is 12.2 Å². The summed E-state index contributed by atoms with van der Waals surface area (Å²) in [5, 5.41) is 10.6. The van der Waals surface area contributed by atoms with Crippen molar-refractivity contribution in [3.05, 3.63) is 0 Å². The minimum absolute atomic E-state index is 0.106. The monoisotopic (exact) mass is 1340 g/mol. The fraction of sp³-hybridized carbons (Fsp3) is 0.944. The highest BCUT2D eigenvalue weighted by Gasteiger charge is 2.30. The van der Waals surface area contributed by atoms with Crippen molar-refractivity contribution in [3.63, 3.8) is 0 Å². The number of unbranched alkanes of at least 4 members (excludes halogenated alkanes) is 43. The summed E-state index contributed by atoms with van der Waals surface area (Å²) in [6, 6.07) is 0. The van der Waals surface area contributed by atoms with Crippen molar-refractivity contribution in [3.8, 4) is 0 Å². The normalized spacial score (nSPS) is 14.3. The molecule has 0 fully saturated rings. The molecule has 0 spiro atoms. The molecule has 0 heterocycles. The van der Waals surface area contributed by atoms with Crippen molar-refractivity contribution in [2.24, 2.45) is 5.92 Å². The van der Waals surface area contributed by atoms with Crippen LogP contribution in [-0.4, -0.2) is 96.7 Å². The second-order valence-electron chi connectivity index (χ2n) is 26.2. The molecule has 0 aromatic rings. The van der Waals surface area contributed by atoms with E-state index in [0.29, 0.717) is 25.7 Å². The second-order valence-corrected chi connectivity index (χ2v) is 29.1. The molecule has 0 aromatic heterocycles. The molecule has 540 valence electrons. The van der Waals surface area contributed by atoms with Gasteiger partial charge in [0.05, 0.1) is 26.4 Å². The number of rotatable bonds is 72. The van der Waals surface area contributed by atoms with Crippen LogP contribution in [0.4, 0.5) is 0 Å². The Morgan fingerprint density at radius 1 is 0.308 bits per heavy atom. The number of phosphoric acid groups is 2. The highest BCUT2D eigenvalue weighted by atomic mass is 31.2. The highest BCUT2D eigenvalue weighted by Crippen LogP contribution is 2.45. The summed E-state index contributed by atoms with van der Waals surface area (Å²) >= 11 is 0. The van der Waals surface area contributed by atoms with Crippen LogP contribution in [0.1, 0.15) is 375 Å². The maximum Gasteiger partial charge on any atom is 0.472 e. The first-order valence-corrected chi connectivity index (χ1v) is 40.7. The van der Waals surface area contributed by atoms with Crippen LogP contribution < -0.4 is 0 Å². The van der Waals surface area contributed by atoms with E-state index < -0.39 is 97.5 Å². The second kappa shape index (κ2) is 65.4. The Labute approximate surface area is 556 Å². The van der Waals surface area contributed by atoms with E-state index in [1.54, 1.807) is 0 Å². The highest BCUT2D eigenvalue weighted by molar-refractivity contribution is 7.47. The number of aliphatic hydroxyl groups excluding tert-OH is 1. The molecule has 3 unspecified atom stereocenters. The van der Waals surface area contributed by atoms with Crippen molar-refractivity contribution in [1.82, 2.24) is 0 Å². The summed E-state index contributed by atoms with van der Waals surface area (Å²) in [6.45, 7) is 7.23. The fourth-order valence-electron chi connectivity index (χ4n) is 11.0. The predicted octanol–water partition coefficient (Wildman–Crippen LogP) is 20.9. The zero-order valence-corrected chi connectivity index (χ0v) is 60.8. The third-order valence-corrected chi connectivity index (χ3v) is 19.0. The van der Waals surface area contributed by atoms with Gasteiger partial charge in [-0.1, -0.05) is 324 Å². The molecular formula is C72H140O17P2. The number of esters is 4. The number of phosphoric ester groups is 2. The summed E-state index contributed by atoms with van der Waals surface area (Å²) in [5.74, 6) is -1.39. The SMILES string of the molecule is CCCCCCCCCCCCCCCCCCC(=O)O[C@H](COC(=O)CCCCCCCCCCCCCCCC)COP(=O)(O)OC[C@@H](O)COP(=O)(O)OC[C@@H](COC(=O)CCCCCCCCC(C)CC)OC(=O)CCCCCCCCCCCCC. The lowest BCUT2D eigenvalue weighted by Gasteiger charge is -2.21. The van der Waals surface area contributed by atoms with Crippen LogP contribution in [0.2, 0.25) is 0 Å². The van der Waals surface area contributed by atoms with Gasteiger partial charge >= 0.3 is 39.5 Å². The lowest BCUT2D eigenvalue weighted by Crippen LogP contribution is -2.30. The number of carbonyl (C=O) groups excluding carboxylic acids is 4. The van der Waals surface area contributed by atoms with Gasteiger partial charge in [0.2, 0.25) is 0 Å². The van der Waals surface area contributed by atoms with Gasteiger partial charge in [-0.3, -0.25) is 37.3 Å². The van der Waals surface area contributed by atoms with Crippen LogP contribution in [-0.2, 0) is 65.4 Å². The molecule has 0 radical (unpaired) electrons. The van der Waals surface area contributed by atoms with E-state index in [4.69, 9.17) is 37.0 Å². The number of hydrogen-bond acceptors (Lipinski definition) is 15. The summed E-state index contributed by atoms with van der Waals surface area (Å²) in [5.41, 5.74) is 0. The van der Waals surface area contributed by atoms with E-state index in [1.807, 2.05) is 0 Å². The van der Waals surface area contributed by atoms with Gasteiger partial charge in [-0.2, -0.15) is 0 Å². The maximum atomic E-state index is 13.0. The van der Waals surface area contributed by atoms with Crippen molar-refractivity contribution in [2.45, 2.75) is 393 Å². The Bertz CT molecular complexity index is 1760. The largest absolute Gasteiger partial charge is 0.472 e. The lowest BCUT2D eigenvalue weighted by atomic mass is 10.00. The fourth-order valence-corrected chi connectivity index (χ4v) is 12.5. The number of aliphatic hydroxyl groups is 1. The van der Waals surface area contributed by atoms with Gasteiger partial charge in [0, 0.05) is 25.7 Å². The molecule has 0 aliphatic carbocycles. The Kier molecular flexibility index (Phi) is 64.0. The molecule has 17 nitrogen and oxygen atoms in total. The topological polar surface area (TPSA) is 237 Å². The molecule has 19 heteroatoms. The summed E-state index contributed by atoms with van der Waals surface area (Å²) in [4.78, 5) is 72.6. The van der Waals surface area contributed by atoms with E-state index in [2.05, 4.69) is 34.6 Å². The standard InChI is InChI=1S/C72H140O17P2/c1-6-10-13-16-19-22-25-27-29-30-32-35-38-41-48-53-58-72(77)88-67(61-82-69(74)55-50-45-39-36-34-31-28-26-23-20-17-14-11-7-2)63-86-90(78,79)84-59-66(73)60-85-91(80,81)87-64-68(62-83-70(75)56-51-46-43-42-44-49-54-65(5)9-4)89-71(76)57-52-47-40-37-33-24-21-18-15-12-8-3/h65-68,73H,6-64H2,1-5H3,(H,78,79)(H,80,81)/t65?,66-,67-,68-/m1/s1. The van der Waals surface area contributed by atoms with Crippen molar-refractivity contribution >= 4 is 39.5 Å². The smallest absolute Gasteiger partial charge is 0.462 e. The number of hydrogen-bond donors (Lipinski definition) is 3. The molecule has 0 rings (SSSR count). The predicted molar refractivity (Wildman–Crippen MR) is 368 cm³/mol. The van der Waals surface area contributed by atoms with Crippen molar-refractivity contribution in [2.75, 3.05) is 39.6 Å². The third kappa shape index (κ3) is 65.1. The van der Waals surface area contributed by atoms with Crippen LogP contribution >= 0.6 is 15.6 Å². The van der Waals surface area contributed by atoms with Crippen molar-refractivity contribution < 1.29 is 80.2 Å². The molecular weight excluding hydrogens is 1200 g/mol. The third-order valence-electron chi connectivity index (χ3n) is 17.1. The molecule has 0 amide bonds. The zero-order chi connectivity index (χ0) is 67.0. The minimum Gasteiger partial charge on any atom is -0.462 e. The van der Waals surface area contributed by atoms with E-state index in [-0.39, 0.29) is 25.7 Å². The Balaban J connectivity index is 5.24. The molecule has 0 bridgehead atoms. The van der Waals surface area contributed by atoms with E-state index in [0.717, 1.165) is 102 Å². The first kappa shape index (κ1) is 89.1. The quantitative estimate of drug-likeness (QED) is 0.0222. The number of ether oxygens (including phenoxy) is 4. The maximum absolute atomic E-state index is 13.0. The van der Waals surface area contributed by atoms with Gasteiger partial charge < -0.3 is 33.8 Å². The molecule has 6 atom stereocenters. The Hall–Kier alpha value is -1.94. The summed E-state index contributed by atoms with van der Waals surface area (Å²) < 4.78 is 68.4. The Morgan fingerprint density at radius 3 is 0.780 bits per heavy atom. The molecule has 0 aliphatic rings. The first-order chi connectivity index (χ1) is 44.1. The zero-order valence-electron chi connectivity index (χ0n) is 59.0. The average Bonchev–Trinajstić information content (AvgIpc) is 3.74. The minimum atomic E-state index is -4.95. The Morgan fingerprint density at radius 2 is 0.527 bits per heavy atom. The van der Waals surface area contributed by atoms with Crippen LogP contribution in [0.25, 0.3) is 0 Å². The van der Waals surface area contributed by atoms with E-state index in [9.17, 15) is 43.2 Å². The van der Waals surface area contributed by atoms with Gasteiger partial charge in [-0.05, 0) is 31.6 Å². The van der Waals surface area contributed by atoms with Gasteiger partial charge in [0.25, 0.3) is 0 Å². The molecule has 0 aliphatic heterocycles. The lowest BCUT2D eigenvalue weighted by molar-refractivity contribution is -0.161. The molecule has 3 N–H and O–H groups in total. The first-order valence-electron chi connectivity index (χ1n) is 37.7. The molecule has 0 saturated heterocycles. The summed E-state index contributed by atoms with van der Waals surface area (Å²) in [6.07, 6.45) is 52.6. The summed E-state index contributed by atoms with van der Waals surface area (Å²) in [7, 11) is -9.90. The van der Waals surface area contributed by atoms with Gasteiger partial charge in [0.1, 0.15) is 19.3 Å². The van der Waals surface area contributed by atoms with Gasteiger partial charge in [-0.15, -0.1) is 0 Å². The van der Waals surface area contributed by atoms with E-state index in [1.165, 1.54) is 193 Å². The molecule has 0 saturated carbocycles. The molecule has 0 aromatic carbocycles. The number of carbonyl (C=O) groups is 4. The molecule has 91 heavy (non-hydrogen) atoms.